The van der Waals surface area contributed by atoms with Gasteiger partial charge in [0.25, 0.3) is 0 Å². The van der Waals surface area contributed by atoms with Crippen LogP contribution in [0.5, 0.6) is 0 Å². The van der Waals surface area contributed by atoms with Crippen molar-refractivity contribution >= 4 is 17.3 Å². The lowest BCUT2D eigenvalue weighted by Gasteiger charge is -2.07. The normalized spacial score (nSPS) is 11.2. The molecule has 0 unspecified atom stereocenters. The quantitative estimate of drug-likeness (QED) is 0.515. The summed E-state index contributed by atoms with van der Waals surface area (Å²) < 4.78 is 13.5. The number of nitrogens with one attached hydrogen (secondary N) is 1. The van der Waals surface area contributed by atoms with E-state index in [1.54, 1.807) is 49.4 Å². The third-order valence-electron chi connectivity index (χ3n) is 3.02. The largest absolute Gasteiger partial charge is 0.411 e. The topological polar surface area (TPSA) is 61.7 Å². The van der Waals surface area contributed by atoms with Gasteiger partial charge in [-0.15, -0.1) is 0 Å². The number of carbonyl (C=O) groups excluding carboxylic acids is 1. The number of halogens is 1. The van der Waals surface area contributed by atoms with Crippen molar-refractivity contribution in [1.82, 2.24) is 0 Å². The van der Waals surface area contributed by atoms with Crippen LogP contribution in [-0.4, -0.2) is 16.8 Å². The summed E-state index contributed by atoms with van der Waals surface area (Å²) in [5, 5.41) is 14.6. The zero-order valence-electron chi connectivity index (χ0n) is 11.5. The molecular weight excluding hydrogens is 271 g/mol. The minimum atomic E-state index is -0.398. The third-order valence-corrected chi connectivity index (χ3v) is 3.02. The highest BCUT2D eigenvalue weighted by Gasteiger charge is 2.08. The van der Waals surface area contributed by atoms with Crippen molar-refractivity contribution in [2.75, 3.05) is 5.32 Å². The Morgan fingerprint density at radius 3 is 2.71 bits per heavy atom. The molecule has 1 amide bonds. The van der Waals surface area contributed by atoms with Gasteiger partial charge in [-0.2, -0.15) is 0 Å². The lowest BCUT2D eigenvalue weighted by atomic mass is 10.1. The second-order valence-electron chi connectivity index (χ2n) is 4.58. The summed E-state index contributed by atoms with van der Waals surface area (Å²) in [4.78, 5) is 11.9. The first-order valence-electron chi connectivity index (χ1n) is 6.42. The monoisotopic (exact) mass is 286 g/mol. The molecule has 0 heterocycles. The Morgan fingerprint density at radius 2 is 2.00 bits per heavy atom. The van der Waals surface area contributed by atoms with Gasteiger partial charge in [0.2, 0.25) is 5.91 Å². The van der Waals surface area contributed by atoms with Crippen LogP contribution >= 0.6 is 0 Å². The SMILES string of the molecule is C/C(=N\O)c1cccc(NC(=O)Cc2ccccc2F)c1. The molecule has 0 atom stereocenters. The van der Waals surface area contributed by atoms with E-state index in [-0.39, 0.29) is 12.3 Å². The number of amides is 1. The van der Waals surface area contributed by atoms with Gasteiger partial charge in [0.1, 0.15) is 5.82 Å². The first kappa shape index (κ1) is 14.7. The van der Waals surface area contributed by atoms with Crippen LogP contribution in [0.2, 0.25) is 0 Å². The van der Waals surface area contributed by atoms with E-state index in [1.165, 1.54) is 6.07 Å². The van der Waals surface area contributed by atoms with Crippen LogP contribution in [0, 0.1) is 5.82 Å². The summed E-state index contributed by atoms with van der Waals surface area (Å²) in [6.07, 6.45) is -0.0377. The lowest BCUT2D eigenvalue weighted by Crippen LogP contribution is -2.15. The van der Waals surface area contributed by atoms with E-state index in [1.807, 2.05) is 0 Å². The number of rotatable bonds is 4. The molecule has 0 aliphatic heterocycles. The summed E-state index contributed by atoms with van der Waals surface area (Å²) in [6.45, 7) is 1.65. The van der Waals surface area contributed by atoms with E-state index in [4.69, 9.17) is 5.21 Å². The molecule has 0 bridgehead atoms. The highest BCUT2D eigenvalue weighted by atomic mass is 19.1. The van der Waals surface area contributed by atoms with E-state index >= 15 is 0 Å². The Labute approximate surface area is 121 Å². The molecule has 108 valence electrons. The third kappa shape index (κ3) is 3.89. The summed E-state index contributed by atoms with van der Waals surface area (Å²) in [5.74, 6) is -0.708. The van der Waals surface area contributed by atoms with Crippen LogP contribution in [0.3, 0.4) is 0 Å². The van der Waals surface area contributed by atoms with Crippen molar-refractivity contribution in [3.05, 3.63) is 65.5 Å². The van der Waals surface area contributed by atoms with Gasteiger partial charge in [-0.1, -0.05) is 35.5 Å². The maximum atomic E-state index is 13.5. The molecule has 21 heavy (non-hydrogen) atoms. The number of anilines is 1. The van der Waals surface area contributed by atoms with Gasteiger partial charge in [-0.05, 0) is 30.7 Å². The van der Waals surface area contributed by atoms with Crippen molar-refractivity contribution in [2.24, 2.45) is 5.16 Å². The first-order valence-corrected chi connectivity index (χ1v) is 6.42. The Kier molecular flexibility index (Phi) is 4.66. The molecule has 0 aliphatic rings. The van der Waals surface area contributed by atoms with Crippen LogP contribution in [0.1, 0.15) is 18.1 Å². The first-order chi connectivity index (χ1) is 10.1. The predicted octanol–water partition coefficient (Wildman–Crippen LogP) is 3.21. The van der Waals surface area contributed by atoms with Crippen molar-refractivity contribution in [3.63, 3.8) is 0 Å². The van der Waals surface area contributed by atoms with Gasteiger partial charge >= 0.3 is 0 Å². The fraction of sp³-hybridized carbons (Fsp3) is 0.125. The van der Waals surface area contributed by atoms with Crippen molar-refractivity contribution in [2.45, 2.75) is 13.3 Å². The van der Waals surface area contributed by atoms with E-state index in [0.29, 0.717) is 22.5 Å². The number of oxime groups is 1. The molecule has 2 rings (SSSR count). The highest BCUT2D eigenvalue weighted by molar-refractivity contribution is 6.00. The minimum Gasteiger partial charge on any atom is -0.411 e. The maximum Gasteiger partial charge on any atom is 0.228 e. The molecule has 0 saturated heterocycles. The number of benzene rings is 2. The Bertz CT molecular complexity index is 683. The van der Waals surface area contributed by atoms with Crippen LogP contribution in [0.4, 0.5) is 10.1 Å². The molecule has 0 aliphatic carbocycles. The number of carbonyl (C=O) groups is 1. The molecule has 2 aromatic carbocycles. The van der Waals surface area contributed by atoms with Gasteiger partial charge < -0.3 is 10.5 Å². The van der Waals surface area contributed by atoms with Gasteiger partial charge in [0, 0.05) is 11.3 Å². The molecular formula is C16H15FN2O2. The number of hydrogen-bond donors (Lipinski definition) is 2. The molecule has 4 nitrogen and oxygen atoms in total. The second-order valence-corrected chi connectivity index (χ2v) is 4.58. The smallest absolute Gasteiger partial charge is 0.228 e. The standard InChI is InChI=1S/C16H15FN2O2/c1-11(19-21)12-6-4-7-14(9-12)18-16(20)10-13-5-2-3-8-15(13)17/h2-9,21H,10H2,1H3,(H,18,20)/b19-11+. The Morgan fingerprint density at radius 1 is 1.24 bits per heavy atom. The fourth-order valence-electron chi connectivity index (χ4n) is 1.90. The molecule has 0 fully saturated rings. The van der Waals surface area contributed by atoms with E-state index < -0.39 is 5.82 Å². The molecule has 2 N–H and O–H groups in total. The number of nitrogens with zero attached hydrogens (tertiary/aromatic N) is 1. The van der Waals surface area contributed by atoms with Gasteiger partial charge in [0.05, 0.1) is 12.1 Å². The van der Waals surface area contributed by atoms with E-state index in [9.17, 15) is 9.18 Å². The van der Waals surface area contributed by atoms with Crippen LogP contribution < -0.4 is 5.32 Å². The van der Waals surface area contributed by atoms with Crippen LogP contribution in [-0.2, 0) is 11.2 Å². The molecule has 5 heteroatoms. The maximum absolute atomic E-state index is 13.5. The summed E-state index contributed by atoms with van der Waals surface area (Å²) >= 11 is 0. The zero-order valence-corrected chi connectivity index (χ0v) is 11.5. The lowest BCUT2D eigenvalue weighted by molar-refractivity contribution is -0.115. The summed E-state index contributed by atoms with van der Waals surface area (Å²) in [7, 11) is 0. The van der Waals surface area contributed by atoms with Gasteiger partial charge in [-0.25, -0.2) is 4.39 Å². The van der Waals surface area contributed by atoms with Crippen LogP contribution in [0.25, 0.3) is 0 Å². The molecule has 0 radical (unpaired) electrons. The predicted molar refractivity (Wildman–Crippen MR) is 79.2 cm³/mol. The molecule has 0 saturated carbocycles. The van der Waals surface area contributed by atoms with Crippen LogP contribution in [0.15, 0.2) is 53.7 Å². The van der Waals surface area contributed by atoms with Gasteiger partial charge in [-0.3, -0.25) is 4.79 Å². The van der Waals surface area contributed by atoms with Crippen molar-refractivity contribution in [3.8, 4) is 0 Å². The zero-order chi connectivity index (χ0) is 15.2. The molecule has 2 aromatic rings. The fourth-order valence-corrected chi connectivity index (χ4v) is 1.90. The summed E-state index contributed by atoms with van der Waals surface area (Å²) in [6, 6.07) is 13.1. The van der Waals surface area contributed by atoms with Gasteiger partial charge in [0.15, 0.2) is 0 Å². The average Bonchev–Trinajstić information content (AvgIpc) is 2.49. The van der Waals surface area contributed by atoms with E-state index in [2.05, 4.69) is 10.5 Å². The Balaban J connectivity index is 2.08. The Hall–Kier alpha value is -2.69. The molecule has 0 aromatic heterocycles. The highest BCUT2D eigenvalue weighted by Crippen LogP contribution is 2.13. The summed E-state index contributed by atoms with van der Waals surface area (Å²) in [5.41, 5.74) is 2.05. The molecule has 0 spiro atoms. The van der Waals surface area contributed by atoms with E-state index in [0.717, 1.165) is 0 Å². The average molecular weight is 286 g/mol. The van der Waals surface area contributed by atoms with Crippen molar-refractivity contribution in [1.29, 1.82) is 0 Å². The minimum absolute atomic E-state index is 0.0377. The number of hydrogen-bond acceptors (Lipinski definition) is 3. The second kappa shape index (κ2) is 6.65. The van der Waals surface area contributed by atoms with Crippen molar-refractivity contribution < 1.29 is 14.4 Å².